The van der Waals surface area contributed by atoms with Gasteiger partial charge in [-0.1, -0.05) is 12.8 Å². The summed E-state index contributed by atoms with van der Waals surface area (Å²) in [5.74, 6) is 0. The number of nitrogens with zero attached hydrogens (tertiary/aromatic N) is 1. The molecule has 0 N–H and O–H groups in total. The molecule has 0 bridgehead atoms. The summed E-state index contributed by atoms with van der Waals surface area (Å²) in [4.78, 5) is 0. The topological polar surface area (TPSA) is 46.6 Å². The van der Waals surface area contributed by atoms with Crippen molar-refractivity contribution >= 4 is 21.6 Å². The Kier molecular flexibility index (Phi) is 4.92. The molecule has 1 aliphatic heterocycles. The van der Waals surface area contributed by atoms with Crippen LogP contribution in [0.4, 0.5) is 0 Å². The number of sulfonamides is 1. The molecule has 0 amide bonds. The Hall–Kier alpha value is 0.160. The molecular weight excluding hydrogens is 274 g/mol. The van der Waals surface area contributed by atoms with Gasteiger partial charge >= 0.3 is 0 Å². The Labute approximate surface area is 115 Å². The third-order valence-corrected chi connectivity index (χ3v) is 7.00. The molecule has 0 aromatic rings. The fourth-order valence-electron chi connectivity index (χ4n) is 2.87. The molecule has 1 heterocycles. The van der Waals surface area contributed by atoms with Crippen molar-refractivity contribution in [1.29, 1.82) is 0 Å². The van der Waals surface area contributed by atoms with Gasteiger partial charge in [0.2, 0.25) is 10.0 Å². The van der Waals surface area contributed by atoms with E-state index in [1.807, 2.05) is 0 Å². The molecule has 1 aliphatic carbocycles. The van der Waals surface area contributed by atoms with Crippen LogP contribution in [0.5, 0.6) is 0 Å². The highest BCUT2D eigenvalue weighted by Crippen LogP contribution is 2.30. The molecule has 1 saturated carbocycles. The van der Waals surface area contributed by atoms with Crippen molar-refractivity contribution in [3.63, 3.8) is 0 Å². The minimum absolute atomic E-state index is 0.0340. The Bertz CT molecular complexity index is 368. The fraction of sp³-hybridized carbons (Fsp3) is 1.00. The molecule has 106 valence electrons. The Morgan fingerprint density at radius 1 is 1.11 bits per heavy atom. The van der Waals surface area contributed by atoms with E-state index >= 15 is 0 Å². The zero-order valence-corrected chi connectivity index (χ0v) is 12.4. The molecule has 2 atom stereocenters. The number of hydrogen-bond acceptors (Lipinski definition) is 3. The quantitative estimate of drug-likeness (QED) is 0.748. The van der Waals surface area contributed by atoms with Crippen LogP contribution >= 0.6 is 11.6 Å². The first kappa shape index (κ1) is 14.6. The second kappa shape index (κ2) is 6.07. The Morgan fingerprint density at radius 2 is 1.72 bits per heavy atom. The van der Waals surface area contributed by atoms with Gasteiger partial charge in [-0.2, -0.15) is 0 Å². The first-order valence-corrected chi connectivity index (χ1v) is 8.66. The third-order valence-electron chi connectivity index (χ3n) is 4.11. The summed E-state index contributed by atoms with van der Waals surface area (Å²) in [6.07, 6.45) is 5.18. The maximum absolute atomic E-state index is 12.5. The predicted octanol–water partition coefficient (Wildman–Crippen LogP) is 1.98. The van der Waals surface area contributed by atoms with Crippen LogP contribution < -0.4 is 0 Å². The second-order valence-corrected chi connectivity index (χ2v) is 8.07. The van der Waals surface area contributed by atoms with E-state index in [9.17, 15) is 8.42 Å². The van der Waals surface area contributed by atoms with Crippen molar-refractivity contribution in [3.05, 3.63) is 0 Å². The summed E-state index contributed by atoms with van der Waals surface area (Å²) in [7, 11) is -1.54. The van der Waals surface area contributed by atoms with E-state index in [-0.39, 0.29) is 16.7 Å². The van der Waals surface area contributed by atoms with Gasteiger partial charge in [0.15, 0.2) is 0 Å². The number of hydrogen-bond donors (Lipinski definition) is 0. The van der Waals surface area contributed by atoms with E-state index in [1.165, 1.54) is 0 Å². The van der Waals surface area contributed by atoms with Crippen LogP contribution in [0.3, 0.4) is 0 Å². The lowest BCUT2D eigenvalue weighted by Gasteiger charge is -2.36. The molecule has 6 heteroatoms. The smallest absolute Gasteiger partial charge is 0.217 e. The molecular formula is C12H22ClNO3S. The fourth-order valence-corrected chi connectivity index (χ4v) is 5.28. The predicted molar refractivity (Wildman–Crippen MR) is 72.4 cm³/mol. The lowest BCUT2D eigenvalue weighted by molar-refractivity contribution is 0.0968. The average Bonchev–Trinajstić information content (AvgIpc) is 2.39. The van der Waals surface area contributed by atoms with Gasteiger partial charge in [-0.15, -0.1) is 11.6 Å². The second-order valence-electron chi connectivity index (χ2n) is 5.24. The molecule has 2 aliphatic rings. The molecule has 0 spiro atoms. The van der Waals surface area contributed by atoms with Crippen LogP contribution in [-0.4, -0.2) is 49.7 Å². The molecule has 0 radical (unpaired) electrons. The first-order chi connectivity index (χ1) is 8.53. The highest BCUT2D eigenvalue weighted by atomic mass is 35.5. The summed E-state index contributed by atoms with van der Waals surface area (Å²) in [6, 6.07) is -0.0340. The maximum atomic E-state index is 12.5. The van der Waals surface area contributed by atoms with Gasteiger partial charge in [-0.25, -0.2) is 12.7 Å². The van der Waals surface area contributed by atoms with E-state index < -0.39 is 10.0 Å². The van der Waals surface area contributed by atoms with Crippen molar-refractivity contribution in [2.24, 2.45) is 0 Å². The van der Waals surface area contributed by atoms with Crippen LogP contribution in [0, 0.1) is 0 Å². The lowest BCUT2D eigenvalue weighted by Crippen LogP contribution is -2.48. The molecule has 4 nitrogen and oxygen atoms in total. The molecule has 2 rings (SSSR count). The monoisotopic (exact) mass is 295 g/mol. The number of rotatable bonds is 3. The van der Waals surface area contributed by atoms with E-state index in [4.69, 9.17) is 16.3 Å². The standard InChI is InChI=1S/C12H22ClNO3S/c1-14(12-5-3-2-4-11(12)13)18(15,16)10-6-8-17-9-7-10/h10-12H,2-9H2,1H3. The highest BCUT2D eigenvalue weighted by molar-refractivity contribution is 7.89. The first-order valence-electron chi connectivity index (χ1n) is 6.72. The van der Waals surface area contributed by atoms with Crippen molar-refractivity contribution < 1.29 is 13.2 Å². The molecule has 2 unspecified atom stereocenters. The lowest BCUT2D eigenvalue weighted by atomic mass is 9.95. The molecule has 18 heavy (non-hydrogen) atoms. The van der Waals surface area contributed by atoms with Crippen LogP contribution in [0.25, 0.3) is 0 Å². The maximum Gasteiger partial charge on any atom is 0.217 e. The zero-order chi connectivity index (χ0) is 13.2. The summed E-state index contributed by atoms with van der Waals surface area (Å²) in [5.41, 5.74) is 0. The minimum atomic E-state index is -3.23. The summed E-state index contributed by atoms with van der Waals surface area (Å²) >= 11 is 6.29. The number of ether oxygens (including phenoxy) is 1. The third kappa shape index (κ3) is 3.00. The minimum Gasteiger partial charge on any atom is -0.381 e. The number of halogens is 1. The molecule has 0 aromatic carbocycles. The van der Waals surface area contributed by atoms with Gasteiger partial charge in [-0.05, 0) is 25.7 Å². The van der Waals surface area contributed by atoms with Gasteiger partial charge in [0.05, 0.1) is 10.6 Å². The highest BCUT2D eigenvalue weighted by Gasteiger charge is 2.38. The van der Waals surface area contributed by atoms with Gasteiger partial charge in [0, 0.05) is 26.3 Å². The summed E-state index contributed by atoms with van der Waals surface area (Å²) in [5, 5.41) is -0.333. The van der Waals surface area contributed by atoms with Crippen LogP contribution in [0.1, 0.15) is 38.5 Å². The van der Waals surface area contributed by atoms with Crippen LogP contribution in [0.15, 0.2) is 0 Å². The van der Waals surface area contributed by atoms with Gasteiger partial charge in [0.1, 0.15) is 0 Å². The van der Waals surface area contributed by atoms with Crippen molar-refractivity contribution in [2.75, 3.05) is 20.3 Å². The summed E-state index contributed by atoms with van der Waals surface area (Å²) < 4.78 is 31.9. The SMILES string of the molecule is CN(C1CCCCC1Cl)S(=O)(=O)C1CCOCC1. The van der Waals surface area contributed by atoms with Gasteiger partial charge in [0.25, 0.3) is 0 Å². The van der Waals surface area contributed by atoms with Crippen LogP contribution in [0.2, 0.25) is 0 Å². The van der Waals surface area contributed by atoms with Crippen molar-refractivity contribution in [1.82, 2.24) is 4.31 Å². The van der Waals surface area contributed by atoms with Gasteiger partial charge < -0.3 is 4.74 Å². The van der Waals surface area contributed by atoms with Crippen LogP contribution in [-0.2, 0) is 14.8 Å². The average molecular weight is 296 g/mol. The molecule has 2 fully saturated rings. The Balaban J connectivity index is 2.07. The number of alkyl halides is 1. The van der Waals surface area contributed by atoms with Crippen molar-refractivity contribution in [2.45, 2.75) is 55.2 Å². The van der Waals surface area contributed by atoms with E-state index in [1.54, 1.807) is 11.4 Å². The molecule has 0 aromatic heterocycles. The van der Waals surface area contributed by atoms with E-state index in [0.29, 0.717) is 26.1 Å². The summed E-state index contributed by atoms with van der Waals surface area (Å²) in [6.45, 7) is 1.10. The Morgan fingerprint density at radius 3 is 2.33 bits per heavy atom. The normalized spacial score (nSPS) is 31.7. The molecule has 1 saturated heterocycles. The van der Waals surface area contributed by atoms with E-state index in [2.05, 4.69) is 0 Å². The van der Waals surface area contributed by atoms with Gasteiger partial charge in [-0.3, -0.25) is 0 Å². The van der Waals surface area contributed by atoms with E-state index in [0.717, 1.165) is 25.7 Å². The van der Waals surface area contributed by atoms with Crippen molar-refractivity contribution in [3.8, 4) is 0 Å². The largest absolute Gasteiger partial charge is 0.381 e. The zero-order valence-electron chi connectivity index (χ0n) is 10.8.